The van der Waals surface area contributed by atoms with Crippen LogP contribution in [0, 0.1) is 0 Å². The number of carbonyl (C=O) groups excluding carboxylic acids is 1. The van der Waals surface area contributed by atoms with Crippen LogP contribution in [0.25, 0.3) is 5.57 Å². The van der Waals surface area contributed by atoms with Crippen LogP contribution in [0.4, 0.5) is 0 Å². The molecule has 0 radical (unpaired) electrons. The second kappa shape index (κ2) is 9.08. The average molecular weight is 347 g/mol. The number of hydrogen-bond acceptors (Lipinski definition) is 6. The number of carbonyl (C=O) groups is 1. The lowest BCUT2D eigenvalue weighted by Gasteiger charge is -2.17. The van der Waals surface area contributed by atoms with Crippen LogP contribution in [-0.4, -0.2) is 31.8 Å². The number of rotatable bonds is 8. The predicted octanol–water partition coefficient (Wildman–Crippen LogP) is 3.88. The zero-order chi connectivity index (χ0) is 17.4. The number of methoxy groups -OCH3 is 2. The van der Waals surface area contributed by atoms with Gasteiger partial charge in [0.2, 0.25) is 0 Å². The van der Waals surface area contributed by atoms with Gasteiger partial charge in [0.15, 0.2) is 0 Å². The Hall–Kier alpha value is -2.34. The van der Waals surface area contributed by atoms with Crippen LogP contribution in [0.15, 0.2) is 41.4 Å². The molecule has 24 heavy (non-hydrogen) atoms. The Balaban J connectivity index is 2.22. The van der Waals surface area contributed by atoms with E-state index in [0.717, 1.165) is 12.1 Å². The fourth-order valence-electron chi connectivity index (χ4n) is 2.29. The minimum Gasteiger partial charge on any atom is -0.503 e. The highest BCUT2D eigenvalue weighted by Crippen LogP contribution is 2.29. The molecular weight excluding hydrogens is 326 g/mol. The largest absolute Gasteiger partial charge is 0.503 e. The van der Waals surface area contributed by atoms with E-state index in [4.69, 9.17) is 14.2 Å². The Morgan fingerprint density at radius 3 is 2.75 bits per heavy atom. The summed E-state index contributed by atoms with van der Waals surface area (Å²) in [6, 6.07) is 7.34. The molecule has 0 aliphatic rings. The van der Waals surface area contributed by atoms with Gasteiger partial charge in [-0.1, -0.05) is 25.1 Å². The minimum absolute atomic E-state index is 0.206. The topological polar surface area (TPSA) is 57.7 Å². The first-order valence-electron chi connectivity index (χ1n) is 7.62. The van der Waals surface area contributed by atoms with Crippen molar-refractivity contribution < 1.29 is 19.0 Å². The van der Waals surface area contributed by atoms with E-state index in [-0.39, 0.29) is 5.92 Å². The van der Waals surface area contributed by atoms with Crippen molar-refractivity contribution in [2.45, 2.75) is 19.3 Å². The maximum Gasteiger partial charge on any atom is 0.341 e. The lowest BCUT2D eigenvalue weighted by molar-refractivity contribution is -0.133. The lowest BCUT2D eigenvalue weighted by Crippen LogP contribution is -2.12. The Labute approximate surface area is 145 Å². The van der Waals surface area contributed by atoms with Crippen molar-refractivity contribution in [1.82, 2.24) is 4.98 Å². The summed E-state index contributed by atoms with van der Waals surface area (Å²) >= 11 is 1.57. The summed E-state index contributed by atoms with van der Waals surface area (Å²) < 4.78 is 15.8. The van der Waals surface area contributed by atoms with E-state index >= 15 is 0 Å². The van der Waals surface area contributed by atoms with E-state index in [2.05, 4.69) is 11.9 Å². The van der Waals surface area contributed by atoms with Crippen LogP contribution in [0.2, 0.25) is 0 Å². The molecule has 0 aliphatic heterocycles. The SMILES string of the molecule is CCC(COc1ccccc1/C(=C\OC)C(=O)OC)c1cscn1. The standard InChI is InChI=1S/C18H21NO4S/c1-4-13(16-11-24-12-19-16)9-23-17-8-6-5-7-14(17)15(10-21-2)18(20)22-3/h5-8,10-13H,4,9H2,1-3H3/b15-10+. The van der Waals surface area contributed by atoms with Gasteiger partial charge in [0, 0.05) is 16.9 Å². The molecule has 5 nitrogen and oxygen atoms in total. The van der Waals surface area contributed by atoms with Gasteiger partial charge in [-0.25, -0.2) is 9.78 Å². The minimum atomic E-state index is -0.473. The molecule has 2 aromatic rings. The maximum atomic E-state index is 12.0. The fourth-order valence-corrected chi connectivity index (χ4v) is 2.93. The van der Waals surface area contributed by atoms with Gasteiger partial charge < -0.3 is 14.2 Å². The van der Waals surface area contributed by atoms with Gasteiger partial charge in [-0.15, -0.1) is 11.3 Å². The summed E-state index contributed by atoms with van der Waals surface area (Å²) in [6.45, 7) is 2.59. The number of ether oxygens (including phenoxy) is 3. The number of benzene rings is 1. The van der Waals surface area contributed by atoms with Crippen LogP contribution in [0.5, 0.6) is 5.75 Å². The summed E-state index contributed by atoms with van der Waals surface area (Å²) in [6.07, 6.45) is 2.29. The molecule has 1 aromatic heterocycles. The second-order valence-corrected chi connectivity index (χ2v) is 5.80. The molecule has 2 rings (SSSR count). The van der Waals surface area contributed by atoms with Crippen LogP contribution >= 0.6 is 11.3 Å². The van der Waals surface area contributed by atoms with E-state index in [1.165, 1.54) is 20.5 Å². The molecule has 1 unspecified atom stereocenters. The number of thiazole rings is 1. The quantitative estimate of drug-likeness (QED) is 0.412. The number of hydrogen-bond donors (Lipinski definition) is 0. The third-order valence-corrected chi connectivity index (χ3v) is 4.23. The molecular formula is C18H21NO4S. The van der Waals surface area contributed by atoms with Crippen molar-refractivity contribution in [2.24, 2.45) is 0 Å². The van der Waals surface area contributed by atoms with Gasteiger partial charge >= 0.3 is 5.97 Å². The number of nitrogens with zero attached hydrogens (tertiary/aromatic N) is 1. The van der Waals surface area contributed by atoms with Crippen LogP contribution in [0.3, 0.4) is 0 Å². The van der Waals surface area contributed by atoms with E-state index < -0.39 is 5.97 Å². The smallest absolute Gasteiger partial charge is 0.341 e. The Kier molecular flexibility index (Phi) is 6.81. The van der Waals surface area contributed by atoms with Gasteiger partial charge in [-0.05, 0) is 12.5 Å². The second-order valence-electron chi connectivity index (χ2n) is 5.08. The van der Waals surface area contributed by atoms with Gasteiger partial charge in [-0.3, -0.25) is 0 Å². The molecule has 0 saturated carbocycles. The number of para-hydroxylation sites is 1. The van der Waals surface area contributed by atoms with Gasteiger partial charge in [0.1, 0.15) is 11.3 Å². The Morgan fingerprint density at radius 2 is 2.12 bits per heavy atom. The first-order chi connectivity index (χ1) is 11.7. The Morgan fingerprint density at radius 1 is 1.33 bits per heavy atom. The van der Waals surface area contributed by atoms with Crippen molar-refractivity contribution in [2.75, 3.05) is 20.8 Å². The molecule has 1 aromatic carbocycles. The lowest BCUT2D eigenvalue weighted by atomic mass is 10.0. The normalized spacial score (nSPS) is 12.5. The summed E-state index contributed by atoms with van der Waals surface area (Å²) in [4.78, 5) is 16.4. The van der Waals surface area contributed by atoms with E-state index in [9.17, 15) is 4.79 Å². The van der Waals surface area contributed by atoms with E-state index in [0.29, 0.717) is 23.5 Å². The molecule has 1 heterocycles. The number of esters is 1. The first kappa shape index (κ1) is 18.0. The van der Waals surface area contributed by atoms with Crippen molar-refractivity contribution >= 4 is 22.9 Å². The van der Waals surface area contributed by atoms with Gasteiger partial charge in [0.05, 0.1) is 38.3 Å². The molecule has 1 atom stereocenters. The van der Waals surface area contributed by atoms with E-state index in [1.807, 2.05) is 29.1 Å². The van der Waals surface area contributed by atoms with Gasteiger partial charge in [0.25, 0.3) is 0 Å². The molecule has 0 bridgehead atoms. The van der Waals surface area contributed by atoms with E-state index in [1.54, 1.807) is 17.4 Å². The monoisotopic (exact) mass is 347 g/mol. The maximum absolute atomic E-state index is 12.0. The molecule has 0 amide bonds. The van der Waals surface area contributed by atoms with Crippen molar-refractivity contribution in [3.63, 3.8) is 0 Å². The van der Waals surface area contributed by atoms with Crippen LogP contribution in [0.1, 0.15) is 30.5 Å². The molecule has 0 fully saturated rings. The summed E-state index contributed by atoms with van der Waals surface area (Å²) in [5.41, 5.74) is 3.81. The number of aromatic nitrogens is 1. The van der Waals surface area contributed by atoms with Crippen LogP contribution in [-0.2, 0) is 14.3 Å². The third-order valence-electron chi connectivity index (χ3n) is 3.62. The van der Waals surface area contributed by atoms with Crippen molar-refractivity contribution in [1.29, 1.82) is 0 Å². The molecule has 0 N–H and O–H groups in total. The first-order valence-corrected chi connectivity index (χ1v) is 8.57. The summed E-state index contributed by atoms with van der Waals surface area (Å²) in [7, 11) is 2.83. The fraction of sp³-hybridized carbons (Fsp3) is 0.333. The van der Waals surface area contributed by atoms with Crippen molar-refractivity contribution in [3.05, 3.63) is 52.7 Å². The van der Waals surface area contributed by atoms with Crippen LogP contribution < -0.4 is 4.74 Å². The zero-order valence-corrected chi connectivity index (χ0v) is 14.8. The molecule has 6 heteroatoms. The van der Waals surface area contributed by atoms with Gasteiger partial charge in [-0.2, -0.15) is 0 Å². The summed E-state index contributed by atoms with van der Waals surface area (Å²) in [5, 5.41) is 2.04. The highest BCUT2D eigenvalue weighted by Gasteiger charge is 2.19. The highest BCUT2D eigenvalue weighted by atomic mass is 32.1. The predicted molar refractivity (Wildman–Crippen MR) is 94.1 cm³/mol. The summed E-state index contributed by atoms with van der Waals surface area (Å²) in [5.74, 6) is 0.344. The molecule has 0 spiro atoms. The third kappa shape index (κ3) is 4.35. The molecule has 128 valence electrons. The zero-order valence-electron chi connectivity index (χ0n) is 14.0. The molecule has 0 saturated heterocycles. The average Bonchev–Trinajstić information content (AvgIpc) is 3.14. The van der Waals surface area contributed by atoms with Crippen molar-refractivity contribution in [3.8, 4) is 5.75 Å². The highest BCUT2D eigenvalue weighted by molar-refractivity contribution is 7.07. The molecule has 0 aliphatic carbocycles. The Bertz CT molecular complexity index is 682.